The highest BCUT2D eigenvalue weighted by atomic mass is 16.6. The molecular formula is C37H52N6O9. The van der Waals surface area contributed by atoms with Crippen molar-refractivity contribution in [3.63, 3.8) is 0 Å². The fraction of sp³-hybridized carbons (Fsp3) is 0.541. The number of nitrogens with zero attached hydrogens (tertiary/aromatic N) is 3. The number of H-pyrrole nitrogens is 1. The Morgan fingerprint density at radius 2 is 1.67 bits per heavy atom. The number of carbonyl (C=O) groups is 4. The van der Waals surface area contributed by atoms with Crippen molar-refractivity contribution in [1.29, 1.82) is 0 Å². The van der Waals surface area contributed by atoms with Gasteiger partial charge < -0.3 is 49.1 Å². The first kappa shape index (κ1) is 40.0. The second-order valence-corrected chi connectivity index (χ2v) is 13.4. The Labute approximate surface area is 304 Å². The number of hydrogen-bond acceptors (Lipinski definition) is 11. The zero-order valence-electron chi connectivity index (χ0n) is 30.8. The summed E-state index contributed by atoms with van der Waals surface area (Å²) in [6, 6.07) is 12.2. The molecule has 0 saturated heterocycles. The van der Waals surface area contributed by atoms with Crippen LogP contribution in [0.2, 0.25) is 0 Å². The molecule has 1 aliphatic rings. The van der Waals surface area contributed by atoms with Gasteiger partial charge in [-0.2, -0.15) is 0 Å². The molecule has 0 saturated carbocycles. The van der Waals surface area contributed by atoms with Crippen LogP contribution in [0.5, 0.6) is 0 Å². The van der Waals surface area contributed by atoms with Crippen molar-refractivity contribution in [2.75, 3.05) is 72.2 Å². The third-order valence-electron chi connectivity index (χ3n) is 8.02. The predicted molar refractivity (Wildman–Crippen MR) is 194 cm³/mol. The van der Waals surface area contributed by atoms with Crippen molar-refractivity contribution in [3.8, 4) is 0 Å². The van der Waals surface area contributed by atoms with Crippen molar-refractivity contribution in [1.82, 2.24) is 25.1 Å². The highest BCUT2D eigenvalue weighted by molar-refractivity contribution is 5.96. The van der Waals surface area contributed by atoms with Gasteiger partial charge in [0.15, 0.2) is 0 Å². The second kappa shape index (κ2) is 19.8. The van der Waals surface area contributed by atoms with Crippen LogP contribution in [0.1, 0.15) is 61.8 Å². The van der Waals surface area contributed by atoms with Crippen molar-refractivity contribution < 1.29 is 42.9 Å². The molecule has 0 spiro atoms. The Morgan fingerprint density at radius 1 is 0.981 bits per heavy atom. The minimum atomic E-state index is -0.816. The number of esters is 1. The molecule has 15 heteroatoms. The van der Waals surface area contributed by atoms with Crippen LogP contribution < -0.4 is 10.6 Å². The maximum absolute atomic E-state index is 13.6. The van der Waals surface area contributed by atoms with Gasteiger partial charge in [0.05, 0.1) is 57.5 Å². The number of aromatic amines is 1. The number of alkyl carbamates (subject to hydrolysis) is 1. The minimum Gasteiger partial charge on any atom is -0.469 e. The molecule has 3 aromatic rings. The van der Waals surface area contributed by atoms with E-state index in [1.54, 1.807) is 35.0 Å². The topological polar surface area (TPSA) is 174 Å². The Hall–Kier alpha value is -4.73. The van der Waals surface area contributed by atoms with Crippen LogP contribution in [0.15, 0.2) is 42.5 Å². The van der Waals surface area contributed by atoms with Crippen LogP contribution in [0.4, 0.5) is 10.5 Å². The number of fused-ring (bicyclic) bond motifs is 2. The monoisotopic (exact) mass is 724 g/mol. The first-order chi connectivity index (χ1) is 24.9. The summed E-state index contributed by atoms with van der Waals surface area (Å²) in [4.78, 5) is 62.0. The quantitative estimate of drug-likeness (QED) is 0.121. The summed E-state index contributed by atoms with van der Waals surface area (Å²) < 4.78 is 26.9. The molecule has 52 heavy (non-hydrogen) atoms. The molecule has 4 rings (SSSR count). The summed E-state index contributed by atoms with van der Waals surface area (Å²) in [6.07, 6.45) is 0.646. The lowest BCUT2D eigenvalue weighted by Gasteiger charge is -2.24. The minimum absolute atomic E-state index is 0.132. The molecular weight excluding hydrogens is 672 g/mol. The molecule has 2 aromatic carbocycles. The SMILES string of the molecule is COC(=O)C[C@H]1Nc2ccc(C(=O)N(C)Cc3nc4ccccc4[nH]3)cc2CN(CCCOCCOCCOCCCNC(=O)OC(C)(C)C)C1=O. The van der Waals surface area contributed by atoms with Gasteiger partial charge in [0.2, 0.25) is 5.91 Å². The van der Waals surface area contributed by atoms with Gasteiger partial charge in [0, 0.05) is 51.1 Å². The van der Waals surface area contributed by atoms with Gasteiger partial charge in [-0.15, -0.1) is 0 Å². The number of benzene rings is 2. The van der Waals surface area contributed by atoms with Crippen molar-refractivity contribution in [3.05, 3.63) is 59.4 Å². The van der Waals surface area contributed by atoms with E-state index in [1.807, 2.05) is 45.0 Å². The second-order valence-electron chi connectivity index (χ2n) is 13.4. The summed E-state index contributed by atoms with van der Waals surface area (Å²) >= 11 is 0. The summed E-state index contributed by atoms with van der Waals surface area (Å²) in [5.41, 5.74) is 3.12. The first-order valence-corrected chi connectivity index (χ1v) is 17.6. The van der Waals surface area contributed by atoms with Gasteiger partial charge in [-0.3, -0.25) is 14.4 Å². The van der Waals surface area contributed by atoms with E-state index in [4.69, 9.17) is 23.7 Å². The third kappa shape index (κ3) is 12.8. The van der Waals surface area contributed by atoms with Crippen LogP contribution in [0.25, 0.3) is 11.0 Å². The number of nitrogens with one attached hydrogen (secondary N) is 3. The number of amides is 3. The van der Waals surface area contributed by atoms with E-state index >= 15 is 0 Å². The molecule has 1 aromatic heterocycles. The number of aromatic nitrogens is 2. The molecule has 15 nitrogen and oxygen atoms in total. The Kier molecular flexibility index (Phi) is 15.2. The number of methoxy groups -OCH3 is 1. The van der Waals surface area contributed by atoms with Crippen LogP contribution >= 0.6 is 0 Å². The van der Waals surface area contributed by atoms with E-state index in [1.165, 1.54) is 7.11 Å². The summed E-state index contributed by atoms with van der Waals surface area (Å²) in [5, 5.41) is 5.89. The van der Waals surface area contributed by atoms with E-state index in [-0.39, 0.29) is 24.8 Å². The van der Waals surface area contributed by atoms with Crippen LogP contribution in [0.3, 0.4) is 0 Å². The van der Waals surface area contributed by atoms with Gasteiger partial charge in [-0.25, -0.2) is 9.78 Å². The van der Waals surface area contributed by atoms with Crippen LogP contribution in [-0.2, 0) is 46.4 Å². The number of imidazole rings is 1. The van der Waals surface area contributed by atoms with Gasteiger partial charge in [-0.1, -0.05) is 12.1 Å². The molecule has 0 radical (unpaired) electrons. The zero-order chi connectivity index (χ0) is 37.5. The number of rotatable bonds is 19. The average molecular weight is 725 g/mol. The highest BCUT2D eigenvalue weighted by Gasteiger charge is 2.31. The fourth-order valence-electron chi connectivity index (χ4n) is 5.50. The Bertz CT molecular complexity index is 1610. The number of anilines is 1. The van der Waals surface area contributed by atoms with Crippen molar-refractivity contribution in [2.45, 2.75) is 64.8 Å². The van der Waals surface area contributed by atoms with Gasteiger partial charge in [-0.05, 0) is 69.5 Å². The smallest absolute Gasteiger partial charge is 0.407 e. The van der Waals surface area contributed by atoms with E-state index in [9.17, 15) is 19.2 Å². The Balaban J connectivity index is 1.20. The fourth-order valence-corrected chi connectivity index (χ4v) is 5.50. The summed E-state index contributed by atoms with van der Waals surface area (Å²) in [7, 11) is 3.01. The maximum Gasteiger partial charge on any atom is 0.407 e. The standard InChI is InChI=1S/C37H52N6O9/c1-37(2,3)52-36(47)38-14-8-16-49-18-20-51-21-19-50-17-9-15-43-24-27-22-26(12-13-28(27)39-31(35(43)46)23-33(44)48-5)34(45)42(4)25-32-40-29-10-6-7-11-30(29)41-32/h6-7,10-13,22,31,39H,8-9,14-21,23-25H2,1-5H3,(H,38,47)(H,40,41)/t31-/m1/s1. The number of ether oxygens (including phenoxy) is 5. The van der Waals surface area contributed by atoms with Crippen LogP contribution in [0, 0.1) is 0 Å². The van der Waals surface area contributed by atoms with E-state index in [0.717, 1.165) is 16.6 Å². The predicted octanol–water partition coefficient (Wildman–Crippen LogP) is 3.88. The highest BCUT2D eigenvalue weighted by Crippen LogP contribution is 2.26. The van der Waals surface area contributed by atoms with Gasteiger partial charge >= 0.3 is 12.1 Å². The van der Waals surface area contributed by atoms with Crippen molar-refractivity contribution in [2.24, 2.45) is 0 Å². The molecule has 0 aliphatic carbocycles. The molecule has 2 heterocycles. The number of para-hydroxylation sites is 2. The molecule has 1 atom stereocenters. The first-order valence-electron chi connectivity index (χ1n) is 17.6. The third-order valence-corrected chi connectivity index (χ3v) is 8.02. The molecule has 3 amide bonds. The molecule has 0 bridgehead atoms. The van der Waals surface area contributed by atoms with E-state index < -0.39 is 23.7 Å². The zero-order valence-corrected chi connectivity index (χ0v) is 30.8. The van der Waals surface area contributed by atoms with Crippen molar-refractivity contribution >= 4 is 40.6 Å². The molecule has 1 aliphatic heterocycles. The van der Waals surface area contributed by atoms with E-state index in [2.05, 4.69) is 20.6 Å². The van der Waals surface area contributed by atoms with E-state index in [0.29, 0.717) is 89.2 Å². The summed E-state index contributed by atoms with van der Waals surface area (Å²) in [5.74, 6) is -0.249. The lowest BCUT2D eigenvalue weighted by Crippen LogP contribution is -2.42. The lowest BCUT2D eigenvalue weighted by molar-refractivity contribution is -0.144. The molecule has 284 valence electrons. The number of hydrogen-bond donors (Lipinski definition) is 3. The Morgan fingerprint density at radius 3 is 2.37 bits per heavy atom. The summed E-state index contributed by atoms with van der Waals surface area (Å²) in [6.45, 7) is 9.36. The lowest BCUT2D eigenvalue weighted by atomic mass is 10.1. The largest absolute Gasteiger partial charge is 0.469 e. The molecule has 0 unspecified atom stereocenters. The normalized spacial score (nSPS) is 14.4. The average Bonchev–Trinajstić information content (AvgIpc) is 3.46. The molecule has 3 N–H and O–H groups in total. The van der Waals surface area contributed by atoms with Crippen LogP contribution in [-0.4, -0.2) is 122 Å². The van der Waals surface area contributed by atoms with Gasteiger partial charge in [0.1, 0.15) is 17.5 Å². The number of carbonyl (C=O) groups excluding carboxylic acids is 4. The van der Waals surface area contributed by atoms with Gasteiger partial charge in [0.25, 0.3) is 5.91 Å². The maximum atomic E-state index is 13.6. The molecule has 0 fully saturated rings.